The van der Waals surface area contributed by atoms with Crippen molar-refractivity contribution >= 4 is 28.1 Å². The lowest BCUT2D eigenvalue weighted by atomic mass is 10.3. The van der Waals surface area contributed by atoms with Crippen LogP contribution in [-0.2, 0) is 0 Å². The van der Waals surface area contributed by atoms with Gasteiger partial charge in [0.05, 0.1) is 22.1 Å². The molecule has 0 fully saturated rings. The molecular weight excluding hydrogens is 404 g/mol. The lowest BCUT2D eigenvalue weighted by molar-refractivity contribution is 0.245. The van der Waals surface area contributed by atoms with Gasteiger partial charge in [0.15, 0.2) is 23.2 Å². The third-order valence-electron chi connectivity index (χ3n) is 5.43. The highest BCUT2D eigenvalue weighted by molar-refractivity contribution is 6.00. The number of hydrogen-bond acceptors (Lipinski definition) is 5. The third kappa shape index (κ3) is 2.71. The first-order valence-electron chi connectivity index (χ1n) is 10.2. The van der Waals surface area contributed by atoms with Gasteiger partial charge in [0.1, 0.15) is 11.5 Å². The number of imidazole rings is 2. The van der Waals surface area contributed by atoms with Crippen molar-refractivity contribution in [2.45, 2.75) is 13.8 Å². The second-order valence-electron chi connectivity index (χ2n) is 7.62. The van der Waals surface area contributed by atoms with E-state index in [9.17, 15) is 4.79 Å². The minimum absolute atomic E-state index is 0.319. The van der Waals surface area contributed by atoms with Gasteiger partial charge >= 0.3 is 6.03 Å². The second kappa shape index (κ2) is 6.81. The monoisotopic (exact) mass is 422 g/mol. The van der Waals surface area contributed by atoms with Gasteiger partial charge in [-0.05, 0) is 62.4 Å². The van der Waals surface area contributed by atoms with E-state index in [2.05, 4.69) is 0 Å². The molecule has 0 N–H and O–H groups in total. The first-order valence-corrected chi connectivity index (χ1v) is 10.2. The molecule has 4 heterocycles. The fraction of sp³-hybridized carbons (Fsp3) is 0.0800. The maximum atomic E-state index is 14.2. The Bertz CT molecular complexity index is 1510. The van der Waals surface area contributed by atoms with Gasteiger partial charge in [-0.3, -0.25) is 0 Å². The molecular formula is C25H18N4O3. The number of benzene rings is 2. The second-order valence-corrected chi connectivity index (χ2v) is 7.62. The molecule has 0 aliphatic carbocycles. The summed E-state index contributed by atoms with van der Waals surface area (Å²) in [5.74, 6) is 3.39. The molecule has 0 unspecified atom stereocenters. The number of rotatable bonds is 2. The molecule has 0 aliphatic rings. The van der Waals surface area contributed by atoms with Crippen molar-refractivity contribution in [1.29, 1.82) is 0 Å². The van der Waals surface area contributed by atoms with E-state index in [4.69, 9.17) is 18.8 Å². The predicted molar refractivity (Wildman–Crippen MR) is 121 cm³/mol. The van der Waals surface area contributed by atoms with Gasteiger partial charge < -0.3 is 8.83 Å². The smallest absolute Gasteiger partial charge is 0.340 e. The summed E-state index contributed by atoms with van der Waals surface area (Å²) in [6.07, 6.45) is 0. The summed E-state index contributed by atoms with van der Waals surface area (Å²) in [4.78, 5) is 23.6. The van der Waals surface area contributed by atoms with E-state index in [1.165, 1.54) is 0 Å². The molecule has 0 spiro atoms. The average Bonchev–Trinajstić information content (AvgIpc) is 3.56. The zero-order chi connectivity index (χ0) is 21.8. The van der Waals surface area contributed by atoms with Crippen LogP contribution in [0.5, 0.6) is 0 Å². The Labute approximate surface area is 182 Å². The van der Waals surface area contributed by atoms with Crippen LogP contribution in [-0.4, -0.2) is 25.1 Å². The maximum absolute atomic E-state index is 14.2. The van der Waals surface area contributed by atoms with Crippen molar-refractivity contribution in [2.24, 2.45) is 0 Å². The number of carbonyl (C=O) groups is 1. The minimum Gasteiger partial charge on any atom is -0.458 e. The van der Waals surface area contributed by atoms with E-state index < -0.39 is 0 Å². The maximum Gasteiger partial charge on any atom is 0.340 e. The third-order valence-corrected chi connectivity index (χ3v) is 5.43. The van der Waals surface area contributed by atoms with E-state index in [1.54, 1.807) is 9.13 Å². The first-order chi connectivity index (χ1) is 15.6. The Hall–Kier alpha value is -4.39. The lowest BCUT2D eigenvalue weighted by Gasteiger charge is -2.10. The van der Waals surface area contributed by atoms with Gasteiger partial charge in [-0.2, -0.15) is 0 Å². The standard InChI is InChI=1S/C25H18N4O3/c1-15-11-13-21(31-15)23-26-17-7-3-5-9-19(17)28(23)25(30)29-20-10-6-4-8-18(20)27-24(29)22-14-12-16(2)32-22/h3-14H,1-2H3. The topological polar surface area (TPSA) is 79.0 Å². The molecule has 0 aliphatic heterocycles. The molecule has 2 aromatic carbocycles. The molecule has 0 saturated heterocycles. The molecule has 156 valence electrons. The average molecular weight is 422 g/mol. The van der Waals surface area contributed by atoms with E-state index >= 15 is 0 Å². The predicted octanol–water partition coefficient (Wildman–Crippen LogP) is 6.04. The fourth-order valence-corrected chi connectivity index (χ4v) is 3.98. The molecule has 7 nitrogen and oxygen atoms in total. The van der Waals surface area contributed by atoms with E-state index in [0.717, 1.165) is 11.5 Å². The zero-order valence-corrected chi connectivity index (χ0v) is 17.4. The van der Waals surface area contributed by atoms with Crippen LogP contribution in [0.1, 0.15) is 11.5 Å². The van der Waals surface area contributed by atoms with Gasteiger partial charge in [-0.25, -0.2) is 23.9 Å². The number of fused-ring (bicyclic) bond motifs is 2. The largest absolute Gasteiger partial charge is 0.458 e. The Morgan fingerprint density at radius 3 is 1.50 bits per heavy atom. The molecule has 0 atom stereocenters. The van der Waals surface area contributed by atoms with Gasteiger partial charge in [0.25, 0.3) is 0 Å². The molecule has 4 aromatic heterocycles. The summed E-state index contributed by atoms with van der Waals surface area (Å²) in [6.45, 7) is 3.72. The number of aromatic nitrogens is 4. The molecule has 0 amide bonds. The Balaban J connectivity index is 1.66. The van der Waals surface area contributed by atoms with Crippen molar-refractivity contribution in [3.8, 4) is 23.2 Å². The number of hydrogen-bond donors (Lipinski definition) is 0. The number of nitrogens with zero attached hydrogens (tertiary/aromatic N) is 4. The van der Waals surface area contributed by atoms with Gasteiger partial charge in [0, 0.05) is 0 Å². The number of para-hydroxylation sites is 4. The first kappa shape index (κ1) is 18.4. The summed E-state index contributed by atoms with van der Waals surface area (Å²) < 4.78 is 14.8. The molecule has 0 saturated carbocycles. The Morgan fingerprint density at radius 2 is 1.09 bits per heavy atom. The zero-order valence-electron chi connectivity index (χ0n) is 17.4. The number of carbonyl (C=O) groups excluding carboxylic acids is 1. The van der Waals surface area contributed by atoms with Crippen molar-refractivity contribution < 1.29 is 13.6 Å². The highest BCUT2D eigenvalue weighted by Gasteiger charge is 2.26. The number of furan rings is 2. The van der Waals surface area contributed by atoms with Crippen LogP contribution in [0, 0.1) is 13.8 Å². The van der Waals surface area contributed by atoms with Crippen molar-refractivity contribution in [1.82, 2.24) is 19.1 Å². The minimum atomic E-state index is -0.319. The molecule has 6 aromatic rings. The molecule has 0 bridgehead atoms. The SMILES string of the molecule is Cc1ccc(-c2nc3ccccc3n2C(=O)n2c(-c3ccc(C)o3)nc3ccccc32)o1. The van der Waals surface area contributed by atoms with Crippen LogP contribution in [0.3, 0.4) is 0 Å². The van der Waals surface area contributed by atoms with E-state index in [-0.39, 0.29) is 6.03 Å². The van der Waals surface area contributed by atoms with Crippen LogP contribution in [0.4, 0.5) is 4.79 Å². The van der Waals surface area contributed by atoms with Gasteiger partial charge in [0.2, 0.25) is 0 Å². The highest BCUT2D eigenvalue weighted by Crippen LogP contribution is 2.31. The summed E-state index contributed by atoms with van der Waals surface area (Å²) in [6, 6.07) is 22.1. The Kier molecular flexibility index (Phi) is 3.91. The Morgan fingerprint density at radius 1 is 0.656 bits per heavy atom. The van der Waals surface area contributed by atoms with Crippen LogP contribution < -0.4 is 0 Å². The van der Waals surface area contributed by atoms with Crippen molar-refractivity contribution in [2.75, 3.05) is 0 Å². The summed E-state index contributed by atoms with van der Waals surface area (Å²) in [5, 5.41) is 0. The summed E-state index contributed by atoms with van der Waals surface area (Å²) in [5.41, 5.74) is 2.76. The van der Waals surface area contributed by atoms with Crippen LogP contribution in [0.15, 0.2) is 81.6 Å². The van der Waals surface area contributed by atoms with Gasteiger partial charge in [-0.1, -0.05) is 24.3 Å². The summed E-state index contributed by atoms with van der Waals surface area (Å²) >= 11 is 0. The van der Waals surface area contributed by atoms with Gasteiger partial charge in [-0.15, -0.1) is 0 Å². The van der Waals surface area contributed by atoms with E-state index in [0.29, 0.717) is 45.2 Å². The quantitative estimate of drug-likeness (QED) is 0.340. The molecule has 32 heavy (non-hydrogen) atoms. The van der Waals surface area contributed by atoms with Crippen molar-refractivity contribution in [3.05, 3.63) is 84.3 Å². The molecule has 7 heteroatoms. The highest BCUT2D eigenvalue weighted by atomic mass is 16.3. The molecule has 6 rings (SSSR count). The van der Waals surface area contributed by atoms with Crippen LogP contribution in [0.25, 0.3) is 45.2 Å². The van der Waals surface area contributed by atoms with Crippen molar-refractivity contribution in [3.63, 3.8) is 0 Å². The number of aryl methyl sites for hydroxylation is 2. The van der Waals surface area contributed by atoms with Crippen LogP contribution in [0.2, 0.25) is 0 Å². The van der Waals surface area contributed by atoms with E-state index in [1.807, 2.05) is 86.6 Å². The lowest BCUT2D eigenvalue weighted by Crippen LogP contribution is -2.21. The molecule has 0 radical (unpaired) electrons. The summed E-state index contributed by atoms with van der Waals surface area (Å²) in [7, 11) is 0. The fourth-order valence-electron chi connectivity index (χ4n) is 3.98. The normalized spacial score (nSPS) is 11.6. The van der Waals surface area contributed by atoms with Crippen LogP contribution >= 0.6 is 0 Å².